The van der Waals surface area contributed by atoms with Gasteiger partial charge in [0.25, 0.3) is 0 Å². The average Bonchev–Trinajstić information content (AvgIpc) is 3.25. The molecular formula is C56H97NO3. The van der Waals surface area contributed by atoms with E-state index in [2.05, 4.69) is 104 Å². The molecule has 0 heterocycles. The summed E-state index contributed by atoms with van der Waals surface area (Å²) in [5, 5.41) is 23.0. The van der Waals surface area contributed by atoms with Gasteiger partial charge in [0.1, 0.15) is 0 Å². The minimum atomic E-state index is -0.841. The van der Waals surface area contributed by atoms with Gasteiger partial charge in [-0.1, -0.05) is 246 Å². The molecule has 0 bridgehead atoms. The molecule has 60 heavy (non-hydrogen) atoms. The number of aliphatic hydroxyl groups is 2. The first-order chi connectivity index (χ1) is 29.7. The Morgan fingerprint density at radius 3 is 1.10 bits per heavy atom. The monoisotopic (exact) mass is 832 g/mol. The first-order valence-corrected chi connectivity index (χ1v) is 25.5. The zero-order valence-corrected chi connectivity index (χ0v) is 39.4. The van der Waals surface area contributed by atoms with Crippen LogP contribution in [0.2, 0.25) is 0 Å². The molecule has 344 valence electrons. The molecule has 0 fully saturated rings. The van der Waals surface area contributed by atoms with Gasteiger partial charge in [0.05, 0.1) is 18.8 Å². The molecule has 0 aromatic heterocycles. The van der Waals surface area contributed by atoms with E-state index >= 15 is 0 Å². The first kappa shape index (κ1) is 57.3. The molecule has 0 aliphatic carbocycles. The quantitative estimate of drug-likeness (QED) is 0.0423. The summed E-state index contributed by atoms with van der Waals surface area (Å²) in [7, 11) is 0. The number of nitrogens with one attached hydrogen (secondary N) is 1. The summed E-state index contributed by atoms with van der Waals surface area (Å²) >= 11 is 0. The molecule has 0 aromatic carbocycles. The molecule has 3 N–H and O–H groups in total. The summed E-state index contributed by atoms with van der Waals surface area (Å²) in [5.41, 5.74) is 0. The van der Waals surface area contributed by atoms with Gasteiger partial charge in [-0.3, -0.25) is 4.79 Å². The molecule has 2 atom stereocenters. The predicted octanol–water partition coefficient (Wildman–Crippen LogP) is 16.6. The topological polar surface area (TPSA) is 69.6 Å². The second kappa shape index (κ2) is 50.7. The van der Waals surface area contributed by atoms with Crippen molar-refractivity contribution in [3.63, 3.8) is 0 Å². The number of aliphatic hydroxyl groups excluding tert-OH is 2. The zero-order valence-electron chi connectivity index (χ0n) is 39.4. The van der Waals surface area contributed by atoms with Crippen LogP contribution in [0, 0.1) is 0 Å². The van der Waals surface area contributed by atoms with Gasteiger partial charge in [-0.2, -0.15) is 0 Å². The Labute approximate surface area is 373 Å². The second-order valence-corrected chi connectivity index (χ2v) is 16.9. The van der Waals surface area contributed by atoms with Crippen molar-refractivity contribution >= 4 is 5.91 Å². The van der Waals surface area contributed by atoms with Crippen molar-refractivity contribution in [1.82, 2.24) is 5.32 Å². The molecule has 0 aliphatic rings. The van der Waals surface area contributed by atoms with Crippen LogP contribution in [0.25, 0.3) is 0 Å². The predicted molar refractivity (Wildman–Crippen MR) is 266 cm³/mol. The summed E-state index contributed by atoms with van der Waals surface area (Å²) in [5.74, 6) is -0.0685. The van der Waals surface area contributed by atoms with E-state index in [-0.39, 0.29) is 12.5 Å². The van der Waals surface area contributed by atoms with Gasteiger partial charge in [-0.15, -0.1) is 0 Å². The van der Waals surface area contributed by atoms with Crippen molar-refractivity contribution in [2.75, 3.05) is 6.61 Å². The third-order valence-electron chi connectivity index (χ3n) is 11.1. The largest absolute Gasteiger partial charge is 0.394 e. The third-order valence-corrected chi connectivity index (χ3v) is 11.1. The lowest BCUT2D eigenvalue weighted by molar-refractivity contribution is -0.123. The van der Waals surface area contributed by atoms with Crippen LogP contribution in [-0.2, 0) is 4.79 Å². The van der Waals surface area contributed by atoms with Crippen molar-refractivity contribution in [3.05, 3.63) is 97.2 Å². The minimum Gasteiger partial charge on any atom is -0.394 e. The van der Waals surface area contributed by atoms with Gasteiger partial charge in [0, 0.05) is 6.42 Å². The van der Waals surface area contributed by atoms with Crippen molar-refractivity contribution in [2.45, 2.75) is 244 Å². The molecule has 0 radical (unpaired) electrons. The lowest BCUT2D eigenvalue weighted by atomic mass is 10.0. The summed E-state index contributed by atoms with van der Waals surface area (Å²) in [4.78, 5) is 12.4. The lowest BCUT2D eigenvalue weighted by Gasteiger charge is -2.20. The second-order valence-electron chi connectivity index (χ2n) is 16.9. The Bertz CT molecular complexity index is 1130. The molecule has 2 unspecified atom stereocenters. The fourth-order valence-electron chi connectivity index (χ4n) is 7.22. The first-order valence-electron chi connectivity index (χ1n) is 25.5. The number of hydrogen-bond donors (Lipinski definition) is 3. The van der Waals surface area contributed by atoms with Gasteiger partial charge < -0.3 is 15.5 Å². The Balaban J connectivity index is 3.52. The van der Waals surface area contributed by atoms with Crippen molar-refractivity contribution in [1.29, 1.82) is 0 Å². The van der Waals surface area contributed by atoms with Crippen LogP contribution >= 0.6 is 0 Å². The molecule has 0 saturated carbocycles. The van der Waals surface area contributed by atoms with E-state index in [1.165, 1.54) is 141 Å². The molecule has 0 saturated heterocycles. The normalized spacial score (nSPS) is 13.7. The van der Waals surface area contributed by atoms with Crippen LogP contribution in [0.4, 0.5) is 0 Å². The fourth-order valence-corrected chi connectivity index (χ4v) is 7.22. The van der Waals surface area contributed by atoms with E-state index in [1.54, 1.807) is 6.08 Å². The van der Waals surface area contributed by atoms with Gasteiger partial charge in [-0.05, 0) is 77.0 Å². The standard InChI is InChI=1S/C56H97NO3/c1-3-5-7-9-11-13-15-16-17-18-19-20-21-22-23-24-25-26-27-28-29-30-31-32-33-34-35-36-37-38-39-40-42-44-46-48-50-52-56(60)57-54(53-58)55(59)51-49-47-45-43-41-14-12-10-8-6-4-2/h5,7,11,13,16-17,19-20,22-23,25-26,28-29,49,51,54-55,58-59H,3-4,6,8-10,12,14-15,18,21,24,27,30-48,50,52-53H2,1-2H3,(H,57,60)/b7-5-,13-11-,17-16-,20-19-,23-22-,26-25-,29-28-,51-49+. The molecule has 1 amide bonds. The molecule has 0 aromatic rings. The summed E-state index contributed by atoms with van der Waals surface area (Å²) in [6, 6.07) is -0.625. The Kier molecular flexibility index (Phi) is 48.4. The van der Waals surface area contributed by atoms with Crippen molar-refractivity contribution < 1.29 is 15.0 Å². The van der Waals surface area contributed by atoms with E-state index in [9.17, 15) is 15.0 Å². The maximum Gasteiger partial charge on any atom is 0.220 e. The molecule has 0 rings (SSSR count). The van der Waals surface area contributed by atoms with E-state index in [0.29, 0.717) is 6.42 Å². The van der Waals surface area contributed by atoms with Gasteiger partial charge >= 0.3 is 0 Å². The number of amides is 1. The Hall–Kier alpha value is -2.69. The van der Waals surface area contributed by atoms with Crippen LogP contribution in [0.5, 0.6) is 0 Å². The van der Waals surface area contributed by atoms with Crippen molar-refractivity contribution in [3.8, 4) is 0 Å². The minimum absolute atomic E-state index is 0.0685. The van der Waals surface area contributed by atoms with Crippen LogP contribution in [0.1, 0.15) is 232 Å². The van der Waals surface area contributed by atoms with E-state index in [0.717, 1.165) is 70.6 Å². The van der Waals surface area contributed by atoms with Crippen LogP contribution < -0.4 is 5.32 Å². The van der Waals surface area contributed by atoms with E-state index < -0.39 is 12.1 Å². The smallest absolute Gasteiger partial charge is 0.220 e. The van der Waals surface area contributed by atoms with Crippen LogP contribution in [0.15, 0.2) is 97.2 Å². The number of carbonyl (C=O) groups excluding carboxylic acids is 1. The SMILES string of the molecule is CC/C=C\C/C=C\C/C=C\C/C=C\C/C=C\C/C=C\C/C=C\CCCCCCCCCCCCCCCCCC(=O)NC(CO)C(O)/C=C/CCCCCCCCCCC. The van der Waals surface area contributed by atoms with Crippen LogP contribution in [-0.4, -0.2) is 34.9 Å². The maximum atomic E-state index is 12.4. The number of allylic oxidation sites excluding steroid dienone is 15. The highest BCUT2D eigenvalue weighted by Gasteiger charge is 2.17. The molecule has 0 aliphatic heterocycles. The summed E-state index contributed by atoms with van der Waals surface area (Å²) in [6.45, 7) is 4.17. The maximum absolute atomic E-state index is 12.4. The third kappa shape index (κ3) is 46.4. The number of rotatable bonds is 45. The highest BCUT2D eigenvalue weighted by Crippen LogP contribution is 2.15. The Morgan fingerprint density at radius 1 is 0.417 bits per heavy atom. The molecule has 4 heteroatoms. The highest BCUT2D eigenvalue weighted by atomic mass is 16.3. The zero-order chi connectivity index (χ0) is 43.5. The average molecular weight is 832 g/mol. The van der Waals surface area contributed by atoms with Gasteiger partial charge in [-0.25, -0.2) is 0 Å². The summed E-state index contributed by atoms with van der Waals surface area (Å²) < 4.78 is 0. The molecule has 0 spiro atoms. The van der Waals surface area contributed by atoms with Gasteiger partial charge in [0.2, 0.25) is 5.91 Å². The molecular weight excluding hydrogens is 735 g/mol. The number of hydrogen-bond acceptors (Lipinski definition) is 3. The number of unbranched alkanes of at least 4 members (excludes halogenated alkanes) is 24. The molecule has 4 nitrogen and oxygen atoms in total. The fraction of sp³-hybridized carbons (Fsp3) is 0.696. The highest BCUT2D eigenvalue weighted by molar-refractivity contribution is 5.76. The van der Waals surface area contributed by atoms with Crippen molar-refractivity contribution in [2.24, 2.45) is 0 Å². The van der Waals surface area contributed by atoms with E-state index in [4.69, 9.17) is 0 Å². The summed E-state index contributed by atoms with van der Waals surface area (Å²) in [6.07, 6.45) is 75.5. The van der Waals surface area contributed by atoms with E-state index in [1.807, 2.05) is 6.08 Å². The Morgan fingerprint density at radius 2 is 0.733 bits per heavy atom. The van der Waals surface area contributed by atoms with Crippen LogP contribution in [0.3, 0.4) is 0 Å². The van der Waals surface area contributed by atoms with Gasteiger partial charge in [0.15, 0.2) is 0 Å². The number of carbonyl (C=O) groups is 1. The lowest BCUT2D eigenvalue weighted by Crippen LogP contribution is -2.45.